The summed E-state index contributed by atoms with van der Waals surface area (Å²) in [6.45, 7) is 4.28. The van der Waals surface area contributed by atoms with E-state index in [-0.39, 0.29) is 4.90 Å². The fraction of sp³-hybridized carbons (Fsp3) is 0.444. The second kappa shape index (κ2) is 7.25. The molecule has 3 nitrogen and oxygen atoms in total. The Bertz CT molecular complexity index is 748. The van der Waals surface area contributed by atoms with Crippen molar-refractivity contribution in [1.82, 2.24) is 0 Å². The van der Waals surface area contributed by atoms with Gasteiger partial charge < -0.3 is 0 Å². The highest BCUT2D eigenvalue weighted by Crippen LogP contribution is 2.29. The van der Waals surface area contributed by atoms with E-state index < -0.39 is 10.1 Å². The van der Waals surface area contributed by atoms with Gasteiger partial charge in [-0.2, -0.15) is 8.42 Å². The first-order chi connectivity index (χ1) is 10.5. The molecule has 2 rings (SSSR count). The highest BCUT2D eigenvalue weighted by Gasteiger charge is 2.17. The zero-order valence-electron chi connectivity index (χ0n) is 13.3. The molecule has 0 saturated heterocycles. The zero-order valence-corrected chi connectivity index (χ0v) is 14.1. The summed E-state index contributed by atoms with van der Waals surface area (Å²) in [5, 5.41) is 1.58. The van der Waals surface area contributed by atoms with Crippen LogP contribution in [0.3, 0.4) is 0 Å². The molecule has 0 aromatic heterocycles. The second-order valence-electron chi connectivity index (χ2n) is 5.79. The monoisotopic (exact) mass is 320 g/mol. The van der Waals surface area contributed by atoms with Crippen molar-refractivity contribution in [2.45, 2.75) is 57.3 Å². The number of aryl methyl sites for hydroxylation is 2. The Kier molecular flexibility index (Phi) is 5.59. The van der Waals surface area contributed by atoms with Gasteiger partial charge in [-0.05, 0) is 48.3 Å². The van der Waals surface area contributed by atoms with E-state index in [0.29, 0.717) is 5.39 Å². The fourth-order valence-electron chi connectivity index (χ4n) is 2.85. The average Bonchev–Trinajstić information content (AvgIpc) is 2.48. The molecule has 0 atom stereocenters. The van der Waals surface area contributed by atoms with E-state index in [1.807, 2.05) is 6.07 Å². The summed E-state index contributed by atoms with van der Waals surface area (Å²) in [5.41, 5.74) is 2.27. The Balaban J connectivity index is 2.65. The van der Waals surface area contributed by atoms with Gasteiger partial charge >= 0.3 is 0 Å². The number of fused-ring (bicyclic) bond motifs is 1. The molecule has 4 heteroatoms. The van der Waals surface area contributed by atoms with Gasteiger partial charge in [0.25, 0.3) is 10.1 Å². The summed E-state index contributed by atoms with van der Waals surface area (Å²) in [4.78, 5) is 0.0261. The fourth-order valence-corrected chi connectivity index (χ4v) is 3.61. The second-order valence-corrected chi connectivity index (χ2v) is 7.18. The van der Waals surface area contributed by atoms with Gasteiger partial charge in [0, 0.05) is 5.39 Å². The van der Waals surface area contributed by atoms with E-state index in [9.17, 15) is 13.0 Å². The molecule has 1 N–H and O–H groups in total. The molecule has 0 heterocycles. The summed E-state index contributed by atoms with van der Waals surface area (Å²) >= 11 is 0. The maximum absolute atomic E-state index is 11.7. The molecular weight excluding hydrogens is 296 g/mol. The van der Waals surface area contributed by atoms with E-state index in [1.165, 1.54) is 11.6 Å². The van der Waals surface area contributed by atoms with Gasteiger partial charge in [0.05, 0.1) is 0 Å². The maximum Gasteiger partial charge on any atom is 0.295 e. The number of rotatable bonds is 7. The van der Waals surface area contributed by atoms with Gasteiger partial charge in [0.2, 0.25) is 0 Å². The third-order valence-corrected chi connectivity index (χ3v) is 4.87. The molecule has 120 valence electrons. The largest absolute Gasteiger partial charge is 0.295 e. The lowest BCUT2D eigenvalue weighted by Crippen LogP contribution is -2.02. The van der Waals surface area contributed by atoms with Gasteiger partial charge in [-0.15, -0.1) is 0 Å². The maximum atomic E-state index is 11.7. The first-order valence-corrected chi connectivity index (χ1v) is 9.43. The molecule has 0 amide bonds. The molecule has 0 bridgehead atoms. The van der Waals surface area contributed by atoms with Crippen LogP contribution in [-0.2, 0) is 23.0 Å². The van der Waals surface area contributed by atoms with Crippen molar-refractivity contribution in [3.05, 3.63) is 41.5 Å². The summed E-state index contributed by atoms with van der Waals surface area (Å²) in [6, 6.07) is 9.27. The molecule has 0 spiro atoms. The number of benzene rings is 2. The number of hydrogen-bond donors (Lipinski definition) is 1. The van der Waals surface area contributed by atoms with Crippen molar-refractivity contribution in [2.75, 3.05) is 0 Å². The van der Waals surface area contributed by atoms with Crippen LogP contribution in [0.25, 0.3) is 10.8 Å². The van der Waals surface area contributed by atoms with E-state index in [0.717, 1.165) is 49.5 Å². The van der Waals surface area contributed by atoms with Gasteiger partial charge in [-0.1, -0.05) is 51.0 Å². The lowest BCUT2D eigenvalue weighted by Gasteiger charge is -2.13. The van der Waals surface area contributed by atoms with Crippen LogP contribution in [-0.4, -0.2) is 13.0 Å². The average molecular weight is 320 g/mol. The summed E-state index contributed by atoms with van der Waals surface area (Å²) in [7, 11) is -4.21. The van der Waals surface area contributed by atoms with E-state index >= 15 is 0 Å². The quantitative estimate of drug-likeness (QED) is 0.747. The lowest BCUT2D eigenvalue weighted by atomic mass is 9.95. The lowest BCUT2D eigenvalue weighted by molar-refractivity contribution is 0.484. The molecule has 0 aliphatic carbocycles. The molecule has 2 aromatic carbocycles. The van der Waals surface area contributed by atoms with Crippen LogP contribution in [0, 0.1) is 0 Å². The molecule has 0 aliphatic rings. The van der Waals surface area contributed by atoms with Crippen LogP contribution in [0.1, 0.15) is 50.7 Å². The molecule has 0 aliphatic heterocycles. The van der Waals surface area contributed by atoms with Crippen LogP contribution in [0.4, 0.5) is 0 Å². The molecule has 0 saturated carbocycles. The highest BCUT2D eigenvalue weighted by atomic mass is 32.2. The third kappa shape index (κ3) is 3.87. The first-order valence-electron chi connectivity index (χ1n) is 7.99. The Morgan fingerprint density at radius 1 is 1.00 bits per heavy atom. The van der Waals surface area contributed by atoms with Crippen molar-refractivity contribution in [1.29, 1.82) is 0 Å². The van der Waals surface area contributed by atoms with Crippen LogP contribution in [0.15, 0.2) is 35.2 Å². The number of unbranched alkanes of at least 4 members (excludes halogenated alkanes) is 2. The molecule has 22 heavy (non-hydrogen) atoms. The predicted molar refractivity (Wildman–Crippen MR) is 91.0 cm³/mol. The van der Waals surface area contributed by atoms with Crippen molar-refractivity contribution >= 4 is 20.9 Å². The van der Waals surface area contributed by atoms with Crippen LogP contribution >= 0.6 is 0 Å². The minimum atomic E-state index is -4.21. The molecular formula is C18H24O3S. The molecule has 2 aromatic rings. The van der Waals surface area contributed by atoms with E-state index in [4.69, 9.17) is 0 Å². The topological polar surface area (TPSA) is 54.4 Å². The van der Waals surface area contributed by atoms with E-state index in [2.05, 4.69) is 26.0 Å². The van der Waals surface area contributed by atoms with Crippen molar-refractivity contribution in [2.24, 2.45) is 0 Å². The van der Waals surface area contributed by atoms with Crippen LogP contribution in [0.2, 0.25) is 0 Å². The summed E-state index contributed by atoms with van der Waals surface area (Å²) in [6.07, 6.45) is 6.14. The van der Waals surface area contributed by atoms with Gasteiger partial charge in [-0.3, -0.25) is 4.55 Å². The highest BCUT2D eigenvalue weighted by molar-refractivity contribution is 7.86. The standard InChI is InChI=1S/C18H24O3S/c1-3-5-8-14-12-15(9-6-4-2)18-16(13-14)10-7-11-17(18)22(19,20)21/h7,10-13H,3-6,8-9H2,1-2H3,(H,19,20,21). The molecule has 0 radical (unpaired) electrons. The Labute approximate surface area is 133 Å². The Morgan fingerprint density at radius 3 is 2.32 bits per heavy atom. The number of hydrogen-bond acceptors (Lipinski definition) is 2. The smallest absolute Gasteiger partial charge is 0.282 e. The normalized spacial score (nSPS) is 12.0. The van der Waals surface area contributed by atoms with Gasteiger partial charge in [0.1, 0.15) is 4.90 Å². The van der Waals surface area contributed by atoms with Crippen molar-refractivity contribution < 1.29 is 13.0 Å². The minimum absolute atomic E-state index is 0.0261. The Hall–Kier alpha value is -1.39. The van der Waals surface area contributed by atoms with Crippen molar-refractivity contribution in [3.8, 4) is 0 Å². The van der Waals surface area contributed by atoms with E-state index in [1.54, 1.807) is 6.07 Å². The molecule has 0 fully saturated rings. The summed E-state index contributed by atoms with van der Waals surface area (Å²) < 4.78 is 32.9. The molecule has 0 unspecified atom stereocenters. The minimum Gasteiger partial charge on any atom is -0.282 e. The van der Waals surface area contributed by atoms with Crippen LogP contribution < -0.4 is 0 Å². The van der Waals surface area contributed by atoms with Crippen molar-refractivity contribution in [3.63, 3.8) is 0 Å². The zero-order chi connectivity index (χ0) is 16.2. The predicted octanol–water partition coefficient (Wildman–Crippen LogP) is 4.77. The Morgan fingerprint density at radius 2 is 1.68 bits per heavy atom. The first kappa shape index (κ1) is 17.0. The third-order valence-electron chi connectivity index (χ3n) is 3.98. The summed E-state index contributed by atoms with van der Waals surface area (Å²) in [5.74, 6) is 0. The van der Waals surface area contributed by atoms with Gasteiger partial charge in [0.15, 0.2) is 0 Å². The van der Waals surface area contributed by atoms with Crippen LogP contribution in [0.5, 0.6) is 0 Å². The van der Waals surface area contributed by atoms with Gasteiger partial charge in [-0.25, -0.2) is 0 Å². The SMILES string of the molecule is CCCCc1cc(CCCC)c2c(S(=O)(=O)O)cccc2c1.